The summed E-state index contributed by atoms with van der Waals surface area (Å²) >= 11 is 1.99. The van der Waals surface area contributed by atoms with E-state index in [1.807, 2.05) is 18.0 Å². The molecule has 3 aromatic carbocycles. The molecule has 5 heteroatoms. The first-order valence-electron chi connectivity index (χ1n) is 11.5. The first kappa shape index (κ1) is 19.6. The standard InChI is InChI=1S/C27H28N4S/c1-2-4-21(5-3-1)20-31-16-17-32-27-9-8-24(19-26(27)31)30-14-12-29(13-15-30)23-7-6-22-10-11-28-25(22)18-23/h1-11,18-19,28H,12-17,20H2. The summed E-state index contributed by atoms with van der Waals surface area (Å²) in [6.45, 7) is 6.27. The van der Waals surface area contributed by atoms with Gasteiger partial charge in [-0.05, 0) is 47.3 Å². The zero-order valence-electron chi connectivity index (χ0n) is 18.2. The predicted molar refractivity (Wildman–Crippen MR) is 137 cm³/mol. The van der Waals surface area contributed by atoms with E-state index in [1.165, 1.54) is 38.4 Å². The number of thioether (sulfide) groups is 1. The van der Waals surface area contributed by atoms with E-state index in [4.69, 9.17) is 0 Å². The number of nitrogens with zero attached hydrogens (tertiary/aromatic N) is 3. The first-order valence-corrected chi connectivity index (χ1v) is 12.4. The average molecular weight is 441 g/mol. The predicted octanol–water partition coefficient (Wildman–Crippen LogP) is 5.61. The lowest BCUT2D eigenvalue weighted by atomic mass is 10.1. The number of H-pyrrole nitrogens is 1. The van der Waals surface area contributed by atoms with Crippen molar-refractivity contribution in [3.05, 3.63) is 84.6 Å². The normalized spacial score (nSPS) is 16.4. The molecule has 32 heavy (non-hydrogen) atoms. The summed E-state index contributed by atoms with van der Waals surface area (Å²) in [4.78, 5) is 12.4. The molecule has 0 unspecified atom stereocenters. The molecule has 0 bridgehead atoms. The Hall–Kier alpha value is -3.05. The summed E-state index contributed by atoms with van der Waals surface area (Å²) in [7, 11) is 0. The third kappa shape index (κ3) is 3.82. The molecule has 6 rings (SSSR count). The number of benzene rings is 3. The van der Waals surface area contributed by atoms with Crippen LogP contribution in [0, 0.1) is 0 Å². The van der Waals surface area contributed by atoms with Gasteiger partial charge < -0.3 is 19.7 Å². The van der Waals surface area contributed by atoms with Crippen LogP contribution in [0.1, 0.15) is 5.56 Å². The van der Waals surface area contributed by atoms with Crippen LogP contribution in [0.3, 0.4) is 0 Å². The Morgan fingerprint density at radius 3 is 2.31 bits per heavy atom. The van der Waals surface area contributed by atoms with Gasteiger partial charge in [-0.15, -0.1) is 11.8 Å². The van der Waals surface area contributed by atoms with Gasteiger partial charge in [0.2, 0.25) is 0 Å². The summed E-state index contributed by atoms with van der Waals surface area (Å²) in [5.74, 6) is 1.16. The number of anilines is 3. The van der Waals surface area contributed by atoms with Crippen LogP contribution in [0.25, 0.3) is 10.9 Å². The topological polar surface area (TPSA) is 25.5 Å². The van der Waals surface area contributed by atoms with Gasteiger partial charge >= 0.3 is 0 Å². The maximum absolute atomic E-state index is 3.34. The van der Waals surface area contributed by atoms with Crippen molar-refractivity contribution in [1.82, 2.24) is 4.98 Å². The molecule has 4 aromatic rings. The van der Waals surface area contributed by atoms with Gasteiger partial charge in [0.25, 0.3) is 0 Å². The highest BCUT2D eigenvalue weighted by atomic mass is 32.2. The lowest BCUT2D eigenvalue weighted by molar-refractivity contribution is 0.653. The van der Waals surface area contributed by atoms with Crippen LogP contribution in [0.4, 0.5) is 17.1 Å². The fourth-order valence-electron chi connectivity index (χ4n) is 4.88. The minimum Gasteiger partial charge on any atom is -0.368 e. The molecule has 2 aliphatic heterocycles. The molecule has 0 atom stereocenters. The number of hydrogen-bond donors (Lipinski definition) is 1. The van der Waals surface area contributed by atoms with Gasteiger partial charge in [0, 0.05) is 73.0 Å². The molecule has 3 heterocycles. The van der Waals surface area contributed by atoms with E-state index in [0.29, 0.717) is 0 Å². The van der Waals surface area contributed by atoms with Gasteiger partial charge in [-0.1, -0.05) is 36.4 Å². The minimum atomic E-state index is 0.979. The minimum absolute atomic E-state index is 0.979. The van der Waals surface area contributed by atoms with Gasteiger partial charge in [-0.3, -0.25) is 0 Å². The molecule has 2 aliphatic rings. The lowest BCUT2D eigenvalue weighted by Gasteiger charge is -2.38. The molecule has 0 aliphatic carbocycles. The van der Waals surface area contributed by atoms with Gasteiger partial charge in [0.15, 0.2) is 0 Å². The number of piperazine rings is 1. The lowest BCUT2D eigenvalue weighted by Crippen LogP contribution is -2.46. The number of fused-ring (bicyclic) bond motifs is 2. The number of nitrogens with one attached hydrogen (secondary N) is 1. The van der Waals surface area contributed by atoms with Crippen molar-refractivity contribution >= 4 is 39.7 Å². The Labute approximate surface area is 193 Å². The van der Waals surface area contributed by atoms with Crippen LogP contribution < -0.4 is 14.7 Å². The zero-order chi connectivity index (χ0) is 21.3. The molecule has 1 aromatic heterocycles. The number of aromatic amines is 1. The van der Waals surface area contributed by atoms with E-state index in [0.717, 1.165) is 45.0 Å². The van der Waals surface area contributed by atoms with E-state index in [9.17, 15) is 0 Å². The molecule has 0 amide bonds. The second-order valence-electron chi connectivity index (χ2n) is 8.63. The Kier molecular flexibility index (Phi) is 5.19. The van der Waals surface area contributed by atoms with Crippen LogP contribution in [0.2, 0.25) is 0 Å². The van der Waals surface area contributed by atoms with Crippen LogP contribution in [0.15, 0.2) is 83.9 Å². The molecular formula is C27H28N4S. The van der Waals surface area contributed by atoms with Crippen molar-refractivity contribution in [2.24, 2.45) is 0 Å². The van der Waals surface area contributed by atoms with Crippen molar-refractivity contribution in [3.8, 4) is 0 Å². The molecule has 0 saturated carbocycles. The summed E-state index contributed by atoms with van der Waals surface area (Å²) < 4.78 is 0. The number of rotatable bonds is 4. The highest BCUT2D eigenvalue weighted by Gasteiger charge is 2.22. The largest absolute Gasteiger partial charge is 0.368 e. The molecule has 1 saturated heterocycles. The Morgan fingerprint density at radius 1 is 0.750 bits per heavy atom. The third-order valence-corrected chi connectivity index (χ3v) is 7.71. The fraction of sp³-hybridized carbons (Fsp3) is 0.259. The zero-order valence-corrected chi connectivity index (χ0v) is 19.0. The molecule has 0 spiro atoms. The van der Waals surface area contributed by atoms with Crippen molar-refractivity contribution < 1.29 is 0 Å². The molecular weight excluding hydrogens is 412 g/mol. The highest BCUT2D eigenvalue weighted by Crippen LogP contribution is 2.38. The third-order valence-electron chi connectivity index (χ3n) is 6.67. The maximum atomic E-state index is 3.34. The Morgan fingerprint density at radius 2 is 1.50 bits per heavy atom. The first-order chi connectivity index (χ1) is 15.8. The van der Waals surface area contributed by atoms with Crippen LogP contribution in [-0.2, 0) is 6.54 Å². The maximum Gasteiger partial charge on any atom is 0.0528 e. The van der Waals surface area contributed by atoms with E-state index in [-0.39, 0.29) is 0 Å². The van der Waals surface area contributed by atoms with Crippen molar-refractivity contribution in [3.63, 3.8) is 0 Å². The quantitative estimate of drug-likeness (QED) is 0.446. The second-order valence-corrected chi connectivity index (χ2v) is 9.77. The monoisotopic (exact) mass is 440 g/mol. The van der Waals surface area contributed by atoms with E-state index >= 15 is 0 Å². The SMILES string of the molecule is c1ccc(CN2CCSc3ccc(N4CCN(c5ccc6cc[nH]c6c5)CC4)cc32)cc1. The number of aromatic nitrogens is 1. The Balaban J connectivity index is 1.18. The smallest absolute Gasteiger partial charge is 0.0528 e. The van der Waals surface area contributed by atoms with Crippen LogP contribution >= 0.6 is 11.8 Å². The van der Waals surface area contributed by atoms with Crippen molar-refractivity contribution in [1.29, 1.82) is 0 Å². The summed E-state index contributed by atoms with van der Waals surface area (Å²) in [5, 5.41) is 1.28. The fourth-order valence-corrected chi connectivity index (χ4v) is 5.91. The van der Waals surface area contributed by atoms with Crippen molar-refractivity contribution in [2.75, 3.05) is 53.2 Å². The van der Waals surface area contributed by atoms with Crippen LogP contribution in [0.5, 0.6) is 0 Å². The second kappa shape index (κ2) is 8.47. The van der Waals surface area contributed by atoms with Crippen molar-refractivity contribution in [2.45, 2.75) is 11.4 Å². The van der Waals surface area contributed by atoms with E-state index < -0.39 is 0 Å². The van der Waals surface area contributed by atoms with Gasteiger partial charge in [0.1, 0.15) is 0 Å². The Bertz CT molecular complexity index is 1210. The highest BCUT2D eigenvalue weighted by molar-refractivity contribution is 7.99. The van der Waals surface area contributed by atoms with E-state index in [1.54, 1.807) is 0 Å². The number of hydrogen-bond acceptors (Lipinski definition) is 4. The van der Waals surface area contributed by atoms with Gasteiger partial charge in [-0.25, -0.2) is 0 Å². The summed E-state index contributed by atoms with van der Waals surface area (Å²) in [5.41, 5.74) is 6.65. The van der Waals surface area contributed by atoms with E-state index in [2.05, 4.69) is 92.5 Å². The molecule has 0 radical (unpaired) electrons. The van der Waals surface area contributed by atoms with Gasteiger partial charge in [-0.2, -0.15) is 0 Å². The van der Waals surface area contributed by atoms with Gasteiger partial charge in [0.05, 0.1) is 5.69 Å². The molecule has 1 N–H and O–H groups in total. The summed E-state index contributed by atoms with van der Waals surface area (Å²) in [6.07, 6.45) is 2.02. The average Bonchev–Trinajstić information content (AvgIpc) is 3.33. The van der Waals surface area contributed by atoms with Crippen LogP contribution in [-0.4, -0.2) is 43.5 Å². The molecule has 1 fully saturated rings. The molecule has 162 valence electrons. The summed E-state index contributed by atoms with van der Waals surface area (Å²) in [6, 6.07) is 26.8. The molecule has 4 nitrogen and oxygen atoms in total.